The molecule has 0 aromatic rings. The van der Waals surface area contributed by atoms with E-state index in [0.717, 1.165) is 32.0 Å². The first-order chi connectivity index (χ1) is 7.79. The van der Waals surface area contributed by atoms with Gasteiger partial charge in [-0.15, -0.1) is 6.58 Å². The molecule has 1 unspecified atom stereocenters. The van der Waals surface area contributed by atoms with Crippen LogP contribution in [0.15, 0.2) is 12.7 Å². The second-order valence-corrected chi connectivity index (χ2v) is 4.61. The SMILES string of the molecule is C=CCNC(=O)N1CCC(OCC2CC2)C1. The molecule has 16 heavy (non-hydrogen) atoms. The number of carbonyl (C=O) groups excluding carboxylic acids is 1. The number of hydrogen-bond acceptors (Lipinski definition) is 2. The second kappa shape index (κ2) is 5.34. The zero-order valence-electron chi connectivity index (χ0n) is 9.65. The van der Waals surface area contributed by atoms with Crippen molar-refractivity contribution >= 4 is 6.03 Å². The highest BCUT2D eigenvalue weighted by molar-refractivity contribution is 5.74. The fraction of sp³-hybridized carbons (Fsp3) is 0.750. The van der Waals surface area contributed by atoms with Crippen LogP contribution in [0.5, 0.6) is 0 Å². The van der Waals surface area contributed by atoms with Gasteiger partial charge in [0.15, 0.2) is 0 Å². The Bertz CT molecular complexity index is 264. The van der Waals surface area contributed by atoms with Gasteiger partial charge in [-0.2, -0.15) is 0 Å². The van der Waals surface area contributed by atoms with Gasteiger partial charge in [0.25, 0.3) is 0 Å². The van der Waals surface area contributed by atoms with Crippen LogP contribution < -0.4 is 5.32 Å². The lowest BCUT2D eigenvalue weighted by atomic mass is 10.3. The molecule has 1 atom stereocenters. The van der Waals surface area contributed by atoms with Gasteiger partial charge in [-0.05, 0) is 25.2 Å². The van der Waals surface area contributed by atoms with Crippen LogP contribution in [0.4, 0.5) is 4.79 Å². The standard InChI is InChI=1S/C12H20N2O2/c1-2-6-13-12(15)14-7-5-11(8-14)16-9-10-3-4-10/h2,10-11H,1,3-9H2,(H,13,15). The molecule has 2 fully saturated rings. The van der Waals surface area contributed by atoms with Crippen LogP contribution in [0.25, 0.3) is 0 Å². The Kier molecular flexibility index (Phi) is 3.83. The summed E-state index contributed by atoms with van der Waals surface area (Å²) in [6, 6.07) is -0.00239. The van der Waals surface area contributed by atoms with Gasteiger partial charge >= 0.3 is 6.03 Å². The maximum absolute atomic E-state index is 11.6. The van der Waals surface area contributed by atoms with Crippen molar-refractivity contribution in [3.05, 3.63) is 12.7 Å². The van der Waals surface area contributed by atoms with E-state index in [0.29, 0.717) is 6.54 Å². The number of hydrogen-bond donors (Lipinski definition) is 1. The Morgan fingerprint density at radius 1 is 1.50 bits per heavy atom. The van der Waals surface area contributed by atoms with E-state index in [-0.39, 0.29) is 12.1 Å². The Morgan fingerprint density at radius 2 is 2.31 bits per heavy atom. The van der Waals surface area contributed by atoms with Crippen molar-refractivity contribution in [3.63, 3.8) is 0 Å². The lowest BCUT2D eigenvalue weighted by Crippen LogP contribution is -2.39. The number of nitrogens with zero attached hydrogens (tertiary/aromatic N) is 1. The van der Waals surface area contributed by atoms with Crippen LogP contribution in [0.1, 0.15) is 19.3 Å². The van der Waals surface area contributed by atoms with Gasteiger partial charge in [0.2, 0.25) is 0 Å². The van der Waals surface area contributed by atoms with Crippen molar-refractivity contribution in [2.75, 3.05) is 26.2 Å². The molecule has 4 heteroatoms. The Morgan fingerprint density at radius 3 is 3.00 bits per heavy atom. The molecule has 0 radical (unpaired) electrons. The lowest BCUT2D eigenvalue weighted by molar-refractivity contribution is 0.0539. The normalized spacial score (nSPS) is 24.5. The van der Waals surface area contributed by atoms with E-state index in [9.17, 15) is 4.79 Å². The highest BCUT2D eigenvalue weighted by Gasteiger charge is 2.29. The third-order valence-corrected chi connectivity index (χ3v) is 3.09. The molecule has 0 aromatic carbocycles. The smallest absolute Gasteiger partial charge is 0.317 e. The van der Waals surface area contributed by atoms with Crippen molar-refractivity contribution < 1.29 is 9.53 Å². The van der Waals surface area contributed by atoms with Crippen molar-refractivity contribution in [3.8, 4) is 0 Å². The van der Waals surface area contributed by atoms with E-state index in [1.165, 1.54) is 12.8 Å². The summed E-state index contributed by atoms with van der Waals surface area (Å²) >= 11 is 0. The van der Waals surface area contributed by atoms with E-state index in [4.69, 9.17) is 4.74 Å². The van der Waals surface area contributed by atoms with Gasteiger partial charge in [0, 0.05) is 26.2 Å². The zero-order valence-corrected chi connectivity index (χ0v) is 9.65. The maximum atomic E-state index is 11.6. The molecule has 4 nitrogen and oxygen atoms in total. The maximum Gasteiger partial charge on any atom is 0.317 e. The van der Waals surface area contributed by atoms with E-state index >= 15 is 0 Å². The summed E-state index contributed by atoms with van der Waals surface area (Å²) in [5.74, 6) is 0.795. The highest BCUT2D eigenvalue weighted by atomic mass is 16.5. The first-order valence-corrected chi connectivity index (χ1v) is 6.05. The van der Waals surface area contributed by atoms with E-state index in [2.05, 4.69) is 11.9 Å². The zero-order chi connectivity index (χ0) is 11.4. The summed E-state index contributed by atoms with van der Waals surface area (Å²) in [4.78, 5) is 13.4. The molecule has 1 saturated heterocycles. The average Bonchev–Trinajstić information content (AvgIpc) is 3.00. The van der Waals surface area contributed by atoms with Crippen molar-refractivity contribution in [2.24, 2.45) is 5.92 Å². The third-order valence-electron chi connectivity index (χ3n) is 3.09. The van der Waals surface area contributed by atoms with Crippen molar-refractivity contribution in [1.29, 1.82) is 0 Å². The fourth-order valence-electron chi connectivity index (χ4n) is 1.88. The number of rotatable bonds is 5. The number of nitrogens with one attached hydrogen (secondary N) is 1. The van der Waals surface area contributed by atoms with Crippen LogP contribution in [-0.4, -0.2) is 43.3 Å². The predicted octanol–water partition coefficient (Wildman–Crippen LogP) is 1.38. The summed E-state index contributed by atoms with van der Waals surface area (Å²) in [6.45, 7) is 6.52. The molecule has 1 aliphatic heterocycles. The Balaban J connectivity index is 1.65. The molecule has 2 amide bonds. The van der Waals surface area contributed by atoms with Crippen molar-refractivity contribution in [2.45, 2.75) is 25.4 Å². The monoisotopic (exact) mass is 224 g/mol. The van der Waals surface area contributed by atoms with Gasteiger partial charge < -0.3 is 15.0 Å². The van der Waals surface area contributed by atoms with Crippen LogP contribution in [0.2, 0.25) is 0 Å². The Labute approximate surface area is 96.6 Å². The molecule has 0 aromatic heterocycles. The number of ether oxygens (including phenoxy) is 1. The molecule has 2 aliphatic rings. The molecular weight excluding hydrogens is 204 g/mol. The van der Waals surface area contributed by atoms with Crippen LogP contribution in [-0.2, 0) is 4.74 Å². The number of carbonyl (C=O) groups is 1. The molecule has 90 valence electrons. The largest absolute Gasteiger partial charge is 0.376 e. The number of likely N-dealkylation sites (tertiary alicyclic amines) is 1. The highest BCUT2D eigenvalue weighted by Crippen LogP contribution is 2.29. The molecule has 0 spiro atoms. The van der Waals surface area contributed by atoms with E-state index in [1.54, 1.807) is 6.08 Å². The van der Waals surface area contributed by atoms with Gasteiger partial charge in [-0.3, -0.25) is 0 Å². The quantitative estimate of drug-likeness (QED) is 0.717. The first-order valence-electron chi connectivity index (χ1n) is 6.05. The summed E-state index contributed by atoms with van der Waals surface area (Å²) in [6.07, 6.45) is 5.53. The summed E-state index contributed by atoms with van der Waals surface area (Å²) in [5.41, 5.74) is 0. The minimum absolute atomic E-state index is 0.00239. The summed E-state index contributed by atoms with van der Waals surface area (Å²) < 4.78 is 5.77. The van der Waals surface area contributed by atoms with Gasteiger partial charge in [-0.1, -0.05) is 6.08 Å². The first kappa shape index (κ1) is 11.5. The van der Waals surface area contributed by atoms with Gasteiger partial charge in [0.05, 0.1) is 6.10 Å². The van der Waals surface area contributed by atoms with Crippen LogP contribution in [0, 0.1) is 5.92 Å². The summed E-state index contributed by atoms with van der Waals surface area (Å²) in [7, 11) is 0. The molecule has 0 bridgehead atoms. The van der Waals surface area contributed by atoms with Crippen molar-refractivity contribution in [1.82, 2.24) is 10.2 Å². The number of urea groups is 1. The van der Waals surface area contributed by atoms with Crippen LogP contribution >= 0.6 is 0 Å². The third kappa shape index (κ3) is 3.23. The average molecular weight is 224 g/mol. The minimum Gasteiger partial charge on any atom is -0.376 e. The molecule has 1 saturated carbocycles. The second-order valence-electron chi connectivity index (χ2n) is 4.61. The molecule has 1 aliphatic carbocycles. The predicted molar refractivity (Wildman–Crippen MR) is 62.2 cm³/mol. The van der Waals surface area contributed by atoms with Crippen LogP contribution in [0.3, 0.4) is 0 Å². The topological polar surface area (TPSA) is 41.6 Å². The van der Waals surface area contributed by atoms with E-state index < -0.39 is 0 Å². The van der Waals surface area contributed by atoms with Gasteiger partial charge in [0.1, 0.15) is 0 Å². The Hall–Kier alpha value is -1.03. The lowest BCUT2D eigenvalue weighted by Gasteiger charge is -2.16. The fourth-order valence-corrected chi connectivity index (χ4v) is 1.88. The van der Waals surface area contributed by atoms with Gasteiger partial charge in [-0.25, -0.2) is 4.79 Å². The molecule has 2 rings (SSSR count). The molecule has 1 N–H and O–H groups in total. The molecule has 1 heterocycles. The minimum atomic E-state index is -0.00239. The van der Waals surface area contributed by atoms with E-state index in [1.807, 2.05) is 4.90 Å². The number of amides is 2. The molecular formula is C12H20N2O2. The summed E-state index contributed by atoms with van der Waals surface area (Å²) in [5, 5.41) is 2.79.